The molecule has 2 rings (SSSR count). The van der Waals surface area contributed by atoms with Crippen molar-refractivity contribution in [3.8, 4) is 5.75 Å². The number of nitrogens with zero attached hydrogens (tertiary/aromatic N) is 2. The molecular weight excluding hydrogens is 447 g/mol. The molecule has 21 heavy (non-hydrogen) atoms. The zero-order valence-electron chi connectivity index (χ0n) is 11.1. The summed E-state index contributed by atoms with van der Waals surface area (Å²) in [4.78, 5) is -0.00774. The monoisotopic (exact) mass is 456 g/mol. The average Bonchev–Trinajstić information content (AvgIpc) is 2.65. The molecule has 2 aromatic rings. The van der Waals surface area contributed by atoms with Gasteiger partial charge in [-0.15, -0.1) is 0 Å². The van der Waals surface area contributed by atoms with Crippen LogP contribution in [0.25, 0.3) is 0 Å². The van der Waals surface area contributed by atoms with Crippen molar-refractivity contribution in [1.82, 2.24) is 9.78 Å². The molecule has 0 bridgehead atoms. The lowest BCUT2D eigenvalue weighted by atomic mass is 10.3. The molecule has 0 atom stereocenters. The minimum Gasteiger partial charge on any atom is -0.485 e. The summed E-state index contributed by atoms with van der Waals surface area (Å²) in [6.45, 7) is 2.21. The fraction of sp³-hybridized carbons (Fsp3) is 0.250. The zero-order valence-corrected chi connectivity index (χ0v) is 15.8. The third-order valence-corrected chi connectivity index (χ3v) is 5.23. The zero-order chi connectivity index (χ0) is 15.8. The van der Waals surface area contributed by atoms with E-state index >= 15 is 0 Å². The van der Waals surface area contributed by atoms with E-state index in [-0.39, 0.29) is 4.90 Å². The summed E-state index contributed by atoms with van der Waals surface area (Å²) in [5, 5.41) is 4.23. The minimum absolute atomic E-state index is 0.00774. The number of ether oxygens (including phenoxy) is 1. The van der Waals surface area contributed by atoms with E-state index in [0.29, 0.717) is 21.3 Å². The van der Waals surface area contributed by atoms with Gasteiger partial charge in [0.2, 0.25) is 0 Å². The molecule has 0 saturated heterocycles. The fourth-order valence-corrected chi connectivity index (χ4v) is 4.26. The van der Waals surface area contributed by atoms with Gasteiger partial charge in [0.1, 0.15) is 12.4 Å². The quantitative estimate of drug-likeness (QED) is 0.655. The Morgan fingerprint density at radius 1 is 1.29 bits per heavy atom. The van der Waals surface area contributed by atoms with Gasteiger partial charge in [-0.25, -0.2) is 8.42 Å². The van der Waals surface area contributed by atoms with Crippen LogP contribution in [0.15, 0.2) is 32.0 Å². The number of rotatable bonds is 4. The number of halogens is 3. The Morgan fingerprint density at radius 2 is 1.86 bits per heavy atom. The third kappa shape index (κ3) is 4.00. The first-order valence-corrected chi connectivity index (χ1v) is 9.64. The molecule has 0 spiro atoms. The molecule has 1 aromatic heterocycles. The van der Waals surface area contributed by atoms with Crippen molar-refractivity contribution in [3.05, 3.63) is 38.5 Å². The second-order valence-corrected chi connectivity index (χ2v) is 8.62. The minimum atomic E-state index is -3.79. The average molecular weight is 459 g/mol. The van der Waals surface area contributed by atoms with Crippen LogP contribution in [0.4, 0.5) is 0 Å². The Labute approximate surface area is 143 Å². The van der Waals surface area contributed by atoms with Gasteiger partial charge in [-0.3, -0.25) is 4.68 Å². The molecule has 0 unspecified atom stereocenters. The Hall–Kier alpha value is -0.570. The molecule has 5 nitrogen and oxygen atoms in total. The highest BCUT2D eigenvalue weighted by Crippen LogP contribution is 2.37. The van der Waals surface area contributed by atoms with Crippen LogP contribution in [0.2, 0.25) is 0 Å². The van der Waals surface area contributed by atoms with Crippen molar-refractivity contribution in [2.45, 2.75) is 18.4 Å². The molecule has 9 heteroatoms. The van der Waals surface area contributed by atoms with Crippen LogP contribution in [-0.2, 0) is 22.7 Å². The van der Waals surface area contributed by atoms with E-state index in [1.54, 1.807) is 4.68 Å². The van der Waals surface area contributed by atoms with Crippen molar-refractivity contribution >= 4 is 51.6 Å². The Kier molecular flexibility index (Phi) is 5.02. The number of aryl methyl sites for hydroxylation is 2. The summed E-state index contributed by atoms with van der Waals surface area (Å²) in [5.74, 6) is 0.498. The Morgan fingerprint density at radius 3 is 2.29 bits per heavy atom. The predicted molar refractivity (Wildman–Crippen MR) is 87.2 cm³/mol. The highest BCUT2D eigenvalue weighted by molar-refractivity contribution is 9.11. The summed E-state index contributed by atoms with van der Waals surface area (Å²) in [6.07, 6.45) is 0. The second-order valence-electron chi connectivity index (χ2n) is 4.34. The van der Waals surface area contributed by atoms with Gasteiger partial charge in [0.15, 0.2) is 0 Å². The summed E-state index contributed by atoms with van der Waals surface area (Å²) in [6, 6.07) is 4.72. The van der Waals surface area contributed by atoms with Gasteiger partial charge in [-0.1, -0.05) is 0 Å². The van der Waals surface area contributed by atoms with Gasteiger partial charge in [-0.05, 0) is 57.0 Å². The predicted octanol–water partition coefficient (Wildman–Crippen LogP) is 3.76. The highest BCUT2D eigenvalue weighted by Gasteiger charge is 2.17. The molecule has 0 radical (unpaired) electrons. The first kappa shape index (κ1) is 16.8. The first-order chi connectivity index (χ1) is 9.68. The van der Waals surface area contributed by atoms with Crippen molar-refractivity contribution in [2.24, 2.45) is 7.05 Å². The van der Waals surface area contributed by atoms with Crippen LogP contribution in [0, 0.1) is 6.92 Å². The molecule has 0 aliphatic carbocycles. The van der Waals surface area contributed by atoms with Crippen LogP contribution >= 0.6 is 42.5 Å². The SMILES string of the molecule is Cc1cc(COc2c(Br)cc(S(=O)(=O)Cl)cc2Br)n(C)n1. The van der Waals surface area contributed by atoms with E-state index in [9.17, 15) is 8.42 Å². The first-order valence-electron chi connectivity index (χ1n) is 5.74. The van der Waals surface area contributed by atoms with Crippen molar-refractivity contribution in [2.75, 3.05) is 0 Å². The van der Waals surface area contributed by atoms with Gasteiger partial charge in [0.25, 0.3) is 9.05 Å². The number of aromatic nitrogens is 2. The molecule has 114 valence electrons. The maximum Gasteiger partial charge on any atom is 0.261 e. The molecular formula is C12H11Br2ClN2O3S. The molecule has 0 aliphatic rings. The molecule has 0 saturated carbocycles. The second kappa shape index (κ2) is 6.28. The van der Waals surface area contributed by atoms with E-state index in [1.807, 2.05) is 20.0 Å². The van der Waals surface area contributed by atoms with E-state index in [0.717, 1.165) is 11.4 Å². The largest absolute Gasteiger partial charge is 0.485 e. The Balaban J connectivity index is 2.27. The highest BCUT2D eigenvalue weighted by atomic mass is 79.9. The van der Waals surface area contributed by atoms with E-state index in [1.165, 1.54) is 12.1 Å². The van der Waals surface area contributed by atoms with E-state index in [4.69, 9.17) is 15.4 Å². The van der Waals surface area contributed by atoms with Gasteiger partial charge in [-0.2, -0.15) is 5.10 Å². The van der Waals surface area contributed by atoms with Crippen LogP contribution < -0.4 is 4.74 Å². The normalized spacial score (nSPS) is 11.7. The third-order valence-electron chi connectivity index (χ3n) is 2.72. The Bertz CT molecular complexity index is 767. The van der Waals surface area contributed by atoms with Crippen molar-refractivity contribution in [3.63, 3.8) is 0 Å². The van der Waals surface area contributed by atoms with Crippen molar-refractivity contribution in [1.29, 1.82) is 0 Å². The smallest absolute Gasteiger partial charge is 0.261 e. The van der Waals surface area contributed by atoms with Crippen LogP contribution in [0.3, 0.4) is 0 Å². The molecule has 1 aromatic carbocycles. The molecule has 0 fully saturated rings. The molecule has 0 amide bonds. The van der Waals surface area contributed by atoms with Crippen LogP contribution in [0.1, 0.15) is 11.4 Å². The van der Waals surface area contributed by atoms with Gasteiger partial charge < -0.3 is 4.74 Å². The summed E-state index contributed by atoms with van der Waals surface area (Å²) >= 11 is 6.57. The number of hydrogen-bond donors (Lipinski definition) is 0. The molecule has 0 N–H and O–H groups in total. The van der Waals surface area contributed by atoms with Crippen LogP contribution in [-0.4, -0.2) is 18.2 Å². The van der Waals surface area contributed by atoms with Gasteiger partial charge >= 0.3 is 0 Å². The lowest BCUT2D eigenvalue weighted by Crippen LogP contribution is -2.04. The number of benzene rings is 1. The summed E-state index contributed by atoms with van der Waals surface area (Å²) in [7, 11) is 3.37. The lowest BCUT2D eigenvalue weighted by molar-refractivity contribution is 0.291. The van der Waals surface area contributed by atoms with Gasteiger partial charge in [0.05, 0.1) is 25.2 Å². The van der Waals surface area contributed by atoms with E-state index < -0.39 is 9.05 Å². The van der Waals surface area contributed by atoms with Crippen molar-refractivity contribution < 1.29 is 13.2 Å². The lowest BCUT2D eigenvalue weighted by Gasteiger charge is -2.11. The maximum atomic E-state index is 11.3. The molecule has 1 heterocycles. The standard InChI is InChI=1S/C12H11Br2ClN2O3S/c1-7-3-8(17(2)16-7)6-20-12-10(13)4-9(5-11(12)14)21(15,18)19/h3-5H,6H2,1-2H3. The number of hydrogen-bond acceptors (Lipinski definition) is 4. The summed E-state index contributed by atoms with van der Waals surface area (Å²) < 4.78 is 31.1. The van der Waals surface area contributed by atoms with E-state index in [2.05, 4.69) is 37.0 Å². The maximum absolute atomic E-state index is 11.3. The topological polar surface area (TPSA) is 61.2 Å². The fourth-order valence-electron chi connectivity index (χ4n) is 1.76. The van der Waals surface area contributed by atoms with Crippen LogP contribution in [0.5, 0.6) is 5.75 Å². The van der Waals surface area contributed by atoms with Gasteiger partial charge in [0, 0.05) is 17.7 Å². The molecule has 0 aliphatic heterocycles. The summed E-state index contributed by atoms with van der Waals surface area (Å²) in [5.41, 5.74) is 1.80.